The molecule has 1 aliphatic rings. The Bertz CT molecular complexity index is 1410. The summed E-state index contributed by atoms with van der Waals surface area (Å²) in [6, 6.07) is 9.37. The fourth-order valence-corrected chi connectivity index (χ4v) is 4.58. The van der Waals surface area contributed by atoms with Crippen molar-refractivity contribution in [3.63, 3.8) is 0 Å². The van der Waals surface area contributed by atoms with Crippen LogP contribution in [0.25, 0.3) is 22.2 Å². The molecule has 0 spiro atoms. The Hall–Kier alpha value is -3.33. The Balaban J connectivity index is 1.69. The third-order valence-corrected chi connectivity index (χ3v) is 6.65. The van der Waals surface area contributed by atoms with Gasteiger partial charge >= 0.3 is 0 Å². The summed E-state index contributed by atoms with van der Waals surface area (Å²) in [5.74, 6) is -0.316. The van der Waals surface area contributed by atoms with E-state index in [4.69, 9.17) is 23.2 Å². The van der Waals surface area contributed by atoms with Crippen LogP contribution in [-0.2, 0) is 16.2 Å². The number of amides is 1. The number of benzene rings is 1. The summed E-state index contributed by atoms with van der Waals surface area (Å²) in [5, 5.41) is 9.91. The van der Waals surface area contributed by atoms with Crippen molar-refractivity contribution >= 4 is 51.1 Å². The molecule has 3 heterocycles. The van der Waals surface area contributed by atoms with Crippen molar-refractivity contribution in [3.8, 4) is 11.3 Å². The second-order valence-corrected chi connectivity index (χ2v) is 9.24. The topological polar surface area (TPSA) is 86.6 Å². The number of rotatable bonds is 6. The molecule has 0 unspecified atom stereocenters. The second kappa shape index (κ2) is 10.3. The Morgan fingerprint density at radius 2 is 1.89 bits per heavy atom. The number of nitrogens with zero attached hydrogens (tertiary/aromatic N) is 4. The smallest absolute Gasteiger partial charge is 0.254 e. The lowest BCUT2D eigenvalue weighted by Gasteiger charge is -2.41. The molecule has 3 aromatic rings. The molecule has 4 rings (SSSR count). The maximum absolute atomic E-state index is 14.4. The average molecular weight is 529 g/mol. The number of carbonyl (C=O) groups is 2. The van der Waals surface area contributed by atoms with E-state index in [1.807, 2.05) is 11.8 Å². The minimum Gasteiger partial charge on any atom is -0.390 e. The van der Waals surface area contributed by atoms with Crippen molar-refractivity contribution in [1.29, 1.82) is 0 Å². The van der Waals surface area contributed by atoms with E-state index in [1.54, 1.807) is 35.2 Å². The Labute approximate surface area is 217 Å². The summed E-state index contributed by atoms with van der Waals surface area (Å²) in [6.07, 6.45) is 0. The van der Waals surface area contributed by atoms with E-state index < -0.39 is 17.0 Å². The van der Waals surface area contributed by atoms with Crippen molar-refractivity contribution in [2.45, 2.75) is 19.6 Å². The minimum atomic E-state index is -0.823. The SMILES string of the molecule is C=C(C(=C)C(=O)N1CCN(c2nc(CO)cc3nc(-c4ccccc4F)c(Cl)cc23)[C@@H](C)C1)C(=O)Cl. The van der Waals surface area contributed by atoms with Gasteiger partial charge in [0.1, 0.15) is 11.6 Å². The average Bonchev–Trinajstić information content (AvgIpc) is 2.86. The number of carbonyl (C=O) groups excluding carboxylic acids is 2. The molecule has 186 valence electrons. The van der Waals surface area contributed by atoms with Crippen LogP contribution in [0.4, 0.5) is 10.2 Å². The molecule has 2 aromatic heterocycles. The predicted molar refractivity (Wildman–Crippen MR) is 138 cm³/mol. The van der Waals surface area contributed by atoms with Crippen LogP contribution in [0.15, 0.2) is 60.7 Å². The number of halogens is 3. The van der Waals surface area contributed by atoms with E-state index in [9.17, 15) is 19.1 Å². The van der Waals surface area contributed by atoms with Gasteiger partial charge in [0.25, 0.3) is 11.1 Å². The van der Waals surface area contributed by atoms with Gasteiger partial charge in [-0.1, -0.05) is 36.9 Å². The zero-order valence-corrected chi connectivity index (χ0v) is 21.0. The molecular weight excluding hydrogens is 506 g/mol. The van der Waals surface area contributed by atoms with Gasteiger partial charge in [-0.3, -0.25) is 9.59 Å². The molecule has 7 nitrogen and oxygen atoms in total. The number of aliphatic hydroxyl groups is 1. The number of piperazine rings is 1. The van der Waals surface area contributed by atoms with Gasteiger partial charge in [0, 0.05) is 47.8 Å². The monoisotopic (exact) mass is 528 g/mol. The molecule has 0 bridgehead atoms. The zero-order valence-electron chi connectivity index (χ0n) is 19.5. The van der Waals surface area contributed by atoms with Gasteiger partial charge < -0.3 is 14.9 Å². The van der Waals surface area contributed by atoms with Crippen LogP contribution in [-0.4, -0.2) is 56.8 Å². The highest BCUT2D eigenvalue weighted by atomic mass is 35.5. The number of pyridine rings is 2. The predicted octanol–water partition coefficient (Wildman–Crippen LogP) is 4.50. The number of aliphatic hydroxyl groups excluding tert-OH is 1. The van der Waals surface area contributed by atoms with Gasteiger partial charge in [0.05, 0.1) is 28.5 Å². The Kier molecular flexibility index (Phi) is 7.40. The molecule has 1 aliphatic heterocycles. The minimum absolute atomic E-state index is 0.0434. The standard InChI is InChI=1S/C26H23Cl2FN4O3/c1-14-12-32(26(36)16(3)15(2)24(28)35)8-9-33(14)25-19-11-20(27)23(18-6-4-5-7-21(18)29)31-22(19)10-17(13-34)30-25/h4-7,10-11,14,34H,2-3,8-9,12-13H2,1H3/t14-/m0/s1. The molecule has 10 heteroatoms. The summed E-state index contributed by atoms with van der Waals surface area (Å²) in [5.41, 5.74) is 1.28. The van der Waals surface area contributed by atoms with E-state index >= 15 is 0 Å². The first-order valence-electron chi connectivity index (χ1n) is 11.1. The van der Waals surface area contributed by atoms with Crippen molar-refractivity contribution in [2.75, 3.05) is 24.5 Å². The van der Waals surface area contributed by atoms with Gasteiger partial charge in [-0.25, -0.2) is 14.4 Å². The quantitative estimate of drug-likeness (QED) is 0.288. The highest BCUT2D eigenvalue weighted by Gasteiger charge is 2.31. The van der Waals surface area contributed by atoms with Crippen LogP contribution in [0, 0.1) is 5.82 Å². The van der Waals surface area contributed by atoms with Gasteiger partial charge in [0.15, 0.2) is 0 Å². The first-order chi connectivity index (χ1) is 17.1. The van der Waals surface area contributed by atoms with Crippen LogP contribution in [0.3, 0.4) is 0 Å². The van der Waals surface area contributed by atoms with E-state index in [0.29, 0.717) is 47.7 Å². The zero-order chi connectivity index (χ0) is 26.1. The lowest BCUT2D eigenvalue weighted by atomic mass is 10.1. The van der Waals surface area contributed by atoms with Gasteiger partial charge in [-0.2, -0.15) is 0 Å². The van der Waals surface area contributed by atoms with Crippen LogP contribution in [0.5, 0.6) is 0 Å². The first kappa shape index (κ1) is 25.8. The number of fused-ring (bicyclic) bond motifs is 1. The summed E-state index contributed by atoms with van der Waals surface area (Å²) in [7, 11) is 0. The fourth-order valence-electron chi connectivity index (χ4n) is 4.22. The molecule has 0 radical (unpaired) electrons. The highest BCUT2D eigenvalue weighted by molar-refractivity contribution is 6.68. The lowest BCUT2D eigenvalue weighted by Crippen LogP contribution is -2.54. The van der Waals surface area contributed by atoms with Crippen molar-refractivity contribution < 1.29 is 19.1 Å². The van der Waals surface area contributed by atoms with Crippen LogP contribution >= 0.6 is 23.2 Å². The van der Waals surface area contributed by atoms with Gasteiger partial charge in [-0.15, -0.1) is 0 Å². The normalized spacial score (nSPS) is 15.8. The Morgan fingerprint density at radius 1 is 1.17 bits per heavy atom. The molecular formula is C26H23Cl2FN4O3. The maximum Gasteiger partial charge on any atom is 0.254 e. The maximum atomic E-state index is 14.4. The fraction of sp³-hybridized carbons (Fsp3) is 0.231. The summed E-state index contributed by atoms with van der Waals surface area (Å²) in [6.45, 7) is 9.86. The molecule has 1 aromatic carbocycles. The van der Waals surface area contributed by atoms with Crippen LogP contribution in [0.1, 0.15) is 12.6 Å². The summed E-state index contributed by atoms with van der Waals surface area (Å²) >= 11 is 12.0. The largest absolute Gasteiger partial charge is 0.390 e. The van der Waals surface area contributed by atoms with Gasteiger partial charge in [0.2, 0.25) is 0 Å². The van der Waals surface area contributed by atoms with Crippen molar-refractivity contribution in [2.24, 2.45) is 0 Å². The number of aromatic nitrogens is 2. The molecule has 0 saturated carbocycles. The van der Waals surface area contributed by atoms with Crippen molar-refractivity contribution in [1.82, 2.24) is 14.9 Å². The molecule has 1 atom stereocenters. The summed E-state index contributed by atoms with van der Waals surface area (Å²) in [4.78, 5) is 37.0. The van der Waals surface area contributed by atoms with Crippen molar-refractivity contribution in [3.05, 3.63) is 77.2 Å². The lowest BCUT2D eigenvalue weighted by molar-refractivity contribution is -0.128. The second-order valence-electron chi connectivity index (χ2n) is 8.49. The molecule has 1 amide bonds. The van der Waals surface area contributed by atoms with E-state index in [2.05, 4.69) is 23.1 Å². The van der Waals surface area contributed by atoms with Gasteiger partial charge in [-0.05, 0) is 42.8 Å². The third kappa shape index (κ3) is 4.84. The molecule has 36 heavy (non-hydrogen) atoms. The van der Waals surface area contributed by atoms with E-state index in [1.165, 1.54) is 6.07 Å². The number of anilines is 1. The van der Waals surface area contributed by atoms with Crippen LogP contribution < -0.4 is 4.90 Å². The van der Waals surface area contributed by atoms with Crippen LogP contribution in [0.2, 0.25) is 5.02 Å². The Morgan fingerprint density at radius 3 is 2.53 bits per heavy atom. The number of hydrogen-bond acceptors (Lipinski definition) is 6. The first-order valence-corrected chi connectivity index (χ1v) is 11.9. The molecule has 0 aliphatic carbocycles. The molecule has 1 N–H and O–H groups in total. The third-order valence-electron chi connectivity index (χ3n) is 6.14. The number of hydrogen-bond donors (Lipinski definition) is 1. The highest BCUT2D eigenvalue weighted by Crippen LogP contribution is 2.35. The molecule has 1 saturated heterocycles. The molecule has 1 fully saturated rings. The van der Waals surface area contributed by atoms with E-state index in [0.717, 1.165) is 0 Å². The summed E-state index contributed by atoms with van der Waals surface area (Å²) < 4.78 is 14.4. The van der Waals surface area contributed by atoms with E-state index in [-0.39, 0.29) is 34.4 Å².